The summed E-state index contributed by atoms with van der Waals surface area (Å²) in [6.07, 6.45) is 0. The standard InChI is InChI=1S/C22H33N3O3/c1-15(2)18(23-19(26)17-9-7-8-16(3)14-17)20(27)24-10-12-25(13-11-24)21(28)22(4,5)6/h7-9,14-15,18H,10-13H2,1-6H3,(H,23,26). The molecule has 1 aliphatic rings. The zero-order chi connectivity index (χ0) is 21.1. The third-order valence-corrected chi connectivity index (χ3v) is 5.02. The summed E-state index contributed by atoms with van der Waals surface area (Å²) in [5, 5.41) is 2.90. The highest BCUT2D eigenvalue weighted by Gasteiger charge is 2.34. The second-order valence-electron chi connectivity index (χ2n) is 8.93. The molecule has 1 heterocycles. The Morgan fingerprint density at radius 2 is 1.57 bits per heavy atom. The van der Waals surface area contributed by atoms with Gasteiger partial charge in [-0.1, -0.05) is 52.3 Å². The molecule has 1 atom stereocenters. The molecule has 1 unspecified atom stereocenters. The molecule has 3 amide bonds. The molecule has 1 aromatic carbocycles. The number of hydrogen-bond acceptors (Lipinski definition) is 3. The molecule has 1 N–H and O–H groups in total. The van der Waals surface area contributed by atoms with Gasteiger partial charge >= 0.3 is 0 Å². The maximum absolute atomic E-state index is 13.1. The van der Waals surface area contributed by atoms with Gasteiger partial charge in [-0.15, -0.1) is 0 Å². The van der Waals surface area contributed by atoms with Gasteiger partial charge < -0.3 is 15.1 Å². The first-order valence-corrected chi connectivity index (χ1v) is 9.96. The zero-order valence-electron chi connectivity index (χ0n) is 17.9. The van der Waals surface area contributed by atoms with Crippen molar-refractivity contribution < 1.29 is 14.4 Å². The van der Waals surface area contributed by atoms with Crippen LogP contribution in [-0.2, 0) is 9.59 Å². The van der Waals surface area contributed by atoms with Crippen molar-refractivity contribution in [3.63, 3.8) is 0 Å². The van der Waals surface area contributed by atoms with Crippen molar-refractivity contribution in [3.05, 3.63) is 35.4 Å². The van der Waals surface area contributed by atoms with Crippen LogP contribution in [-0.4, -0.2) is 59.7 Å². The Kier molecular flexibility index (Phi) is 6.86. The minimum Gasteiger partial charge on any atom is -0.340 e. The summed E-state index contributed by atoms with van der Waals surface area (Å²) in [5.41, 5.74) is 1.13. The average molecular weight is 388 g/mol. The maximum Gasteiger partial charge on any atom is 0.251 e. The monoisotopic (exact) mass is 387 g/mol. The van der Waals surface area contributed by atoms with Gasteiger partial charge in [0.1, 0.15) is 6.04 Å². The maximum atomic E-state index is 13.1. The lowest BCUT2D eigenvalue weighted by Gasteiger charge is -2.39. The zero-order valence-corrected chi connectivity index (χ0v) is 17.9. The molecular formula is C22H33N3O3. The number of benzene rings is 1. The van der Waals surface area contributed by atoms with Crippen LogP contribution in [0.25, 0.3) is 0 Å². The number of rotatable bonds is 4. The first-order valence-electron chi connectivity index (χ1n) is 9.96. The van der Waals surface area contributed by atoms with Crippen LogP contribution in [0.4, 0.5) is 0 Å². The molecule has 6 nitrogen and oxygen atoms in total. The fourth-order valence-corrected chi connectivity index (χ4v) is 3.33. The Balaban J connectivity index is 2.02. The van der Waals surface area contributed by atoms with Crippen molar-refractivity contribution in [2.24, 2.45) is 11.3 Å². The minimum absolute atomic E-state index is 0.0319. The number of nitrogens with zero attached hydrogens (tertiary/aromatic N) is 2. The normalized spacial score (nSPS) is 16.1. The van der Waals surface area contributed by atoms with Gasteiger partial charge in [-0.25, -0.2) is 0 Å². The average Bonchev–Trinajstić information content (AvgIpc) is 2.64. The summed E-state index contributed by atoms with van der Waals surface area (Å²) in [7, 11) is 0. The highest BCUT2D eigenvalue weighted by atomic mass is 16.2. The van der Waals surface area contributed by atoms with Crippen molar-refractivity contribution in [1.29, 1.82) is 0 Å². The summed E-state index contributed by atoms with van der Waals surface area (Å²) in [5.74, 6) is -0.251. The van der Waals surface area contributed by atoms with Crippen molar-refractivity contribution in [3.8, 4) is 0 Å². The third-order valence-electron chi connectivity index (χ3n) is 5.02. The molecule has 0 spiro atoms. The fraction of sp³-hybridized carbons (Fsp3) is 0.591. The van der Waals surface area contributed by atoms with Crippen LogP contribution >= 0.6 is 0 Å². The van der Waals surface area contributed by atoms with Gasteiger partial charge in [0.15, 0.2) is 0 Å². The van der Waals surface area contributed by atoms with Gasteiger partial charge in [0.2, 0.25) is 11.8 Å². The van der Waals surface area contributed by atoms with Crippen LogP contribution in [0.1, 0.15) is 50.5 Å². The topological polar surface area (TPSA) is 69.7 Å². The molecule has 0 bridgehead atoms. The third kappa shape index (κ3) is 5.33. The SMILES string of the molecule is Cc1cccc(C(=O)NC(C(=O)N2CCN(C(=O)C(C)(C)C)CC2)C(C)C)c1. The lowest BCUT2D eigenvalue weighted by molar-refractivity contribution is -0.145. The molecule has 2 rings (SSSR count). The van der Waals surface area contributed by atoms with E-state index >= 15 is 0 Å². The smallest absolute Gasteiger partial charge is 0.251 e. The van der Waals surface area contributed by atoms with Crippen LogP contribution in [0.3, 0.4) is 0 Å². The molecule has 28 heavy (non-hydrogen) atoms. The molecule has 0 aliphatic carbocycles. The predicted molar refractivity (Wildman–Crippen MR) is 110 cm³/mol. The first-order chi connectivity index (χ1) is 13.0. The Morgan fingerprint density at radius 1 is 1.00 bits per heavy atom. The van der Waals surface area contributed by atoms with Gasteiger partial charge in [-0.3, -0.25) is 14.4 Å². The summed E-state index contributed by atoms with van der Waals surface area (Å²) >= 11 is 0. The van der Waals surface area contributed by atoms with E-state index in [-0.39, 0.29) is 23.6 Å². The molecule has 1 fully saturated rings. The molecule has 0 radical (unpaired) electrons. The van der Waals surface area contributed by atoms with Gasteiger partial charge in [0.05, 0.1) is 0 Å². The van der Waals surface area contributed by atoms with Crippen molar-refractivity contribution in [2.75, 3.05) is 26.2 Å². The number of hydrogen-bond donors (Lipinski definition) is 1. The molecule has 0 saturated carbocycles. The lowest BCUT2D eigenvalue weighted by atomic mass is 9.94. The molecule has 154 valence electrons. The van der Waals surface area contributed by atoms with Gasteiger partial charge in [-0.05, 0) is 25.0 Å². The van der Waals surface area contributed by atoms with Crippen molar-refractivity contribution >= 4 is 17.7 Å². The molecule has 1 aromatic rings. The minimum atomic E-state index is -0.585. The quantitative estimate of drug-likeness (QED) is 0.863. The first kappa shape index (κ1) is 21.9. The van der Waals surface area contributed by atoms with Crippen molar-refractivity contribution in [1.82, 2.24) is 15.1 Å². The molecule has 0 aromatic heterocycles. The van der Waals surface area contributed by atoms with Crippen molar-refractivity contribution in [2.45, 2.75) is 47.6 Å². The van der Waals surface area contributed by atoms with Gasteiger partial charge in [0.25, 0.3) is 5.91 Å². The van der Waals surface area contributed by atoms with E-state index in [1.807, 2.05) is 64.6 Å². The highest BCUT2D eigenvalue weighted by Crippen LogP contribution is 2.19. The van der Waals surface area contributed by atoms with E-state index in [0.717, 1.165) is 5.56 Å². The van der Waals surface area contributed by atoms with E-state index in [4.69, 9.17) is 0 Å². The van der Waals surface area contributed by atoms with Crippen LogP contribution in [0.15, 0.2) is 24.3 Å². The van der Waals surface area contributed by atoms with Crippen LogP contribution in [0, 0.1) is 18.3 Å². The Hall–Kier alpha value is -2.37. The van der Waals surface area contributed by atoms with E-state index < -0.39 is 11.5 Å². The number of piperazine rings is 1. The Labute approximate surface area is 168 Å². The molecular weight excluding hydrogens is 354 g/mol. The van der Waals surface area contributed by atoms with Crippen LogP contribution < -0.4 is 5.32 Å². The van der Waals surface area contributed by atoms with E-state index in [0.29, 0.717) is 31.7 Å². The summed E-state index contributed by atoms with van der Waals surface area (Å²) in [4.78, 5) is 41.7. The number of nitrogens with one attached hydrogen (secondary N) is 1. The molecule has 1 saturated heterocycles. The lowest BCUT2D eigenvalue weighted by Crippen LogP contribution is -2.58. The second-order valence-corrected chi connectivity index (χ2v) is 8.93. The number of aryl methyl sites for hydroxylation is 1. The number of carbonyl (C=O) groups excluding carboxylic acids is 3. The van der Waals surface area contributed by atoms with E-state index in [1.54, 1.807) is 11.0 Å². The van der Waals surface area contributed by atoms with Gasteiger partial charge in [0, 0.05) is 37.2 Å². The number of amides is 3. The Bertz CT molecular complexity index is 729. The summed E-state index contributed by atoms with van der Waals surface area (Å²) in [6, 6.07) is 6.75. The molecule has 6 heteroatoms. The highest BCUT2D eigenvalue weighted by molar-refractivity contribution is 5.97. The van der Waals surface area contributed by atoms with Crippen LogP contribution in [0.5, 0.6) is 0 Å². The fourth-order valence-electron chi connectivity index (χ4n) is 3.33. The van der Waals surface area contributed by atoms with Gasteiger partial charge in [-0.2, -0.15) is 0 Å². The summed E-state index contributed by atoms with van der Waals surface area (Å²) < 4.78 is 0. The van der Waals surface area contributed by atoms with E-state index in [2.05, 4.69) is 5.32 Å². The van der Waals surface area contributed by atoms with Crippen LogP contribution in [0.2, 0.25) is 0 Å². The summed E-state index contributed by atoms with van der Waals surface area (Å²) in [6.45, 7) is 13.5. The van der Waals surface area contributed by atoms with E-state index in [1.165, 1.54) is 0 Å². The number of carbonyl (C=O) groups is 3. The molecule has 1 aliphatic heterocycles. The second kappa shape index (κ2) is 8.76. The largest absolute Gasteiger partial charge is 0.340 e. The Morgan fingerprint density at radius 3 is 2.07 bits per heavy atom. The predicted octanol–water partition coefficient (Wildman–Crippen LogP) is 2.47. The van der Waals surface area contributed by atoms with E-state index in [9.17, 15) is 14.4 Å².